The number of anilines is 1. The maximum absolute atomic E-state index is 15.8. The molecule has 2 saturated heterocycles. The van der Waals surface area contributed by atoms with Gasteiger partial charge in [0.25, 0.3) is 0 Å². The summed E-state index contributed by atoms with van der Waals surface area (Å²) in [6.07, 6.45) is -4.42. The van der Waals surface area contributed by atoms with Gasteiger partial charge in [0, 0.05) is 25.1 Å². The van der Waals surface area contributed by atoms with Crippen LogP contribution in [0.2, 0.25) is 0 Å². The molecule has 5 aromatic rings. The second-order valence-electron chi connectivity index (χ2n) is 21.6. The van der Waals surface area contributed by atoms with Gasteiger partial charge in [0.15, 0.2) is 18.0 Å². The molecule has 0 radical (unpaired) electrons. The van der Waals surface area contributed by atoms with E-state index in [0.717, 1.165) is 15.8 Å². The predicted octanol–water partition coefficient (Wildman–Crippen LogP) is 11.2. The second kappa shape index (κ2) is 21.7. The Morgan fingerprint density at radius 2 is 1.30 bits per heavy atom. The molecule has 5 atom stereocenters. The molecule has 0 aliphatic carbocycles. The number of hydrogen-bond donors (Lipinski definition) is 1. The van der Waals surface area contributed by atoms with Gasteiger partial charge in [-0.15, -0.1) is 5.10 Å². The van der Waals surface area contributed by atoms with Gasteiger partial charge in [-0.3, -0.25) is 0 Å². The lowest BCUT2D eigenvalue weighted by Gasteiger charge is -2.37. The number of amides is 4. The first-order chi connectivity index (χ1) is 34.2. The van der Waals surface area contributed by atoms with Crippen LogP contribution in [0.15, 0.2) is 109 Å². The van der Waals surface area contributed by atoms with Crippen molar-refractivity contribution < 1.29 is 61.6 Å². The zero-order valence-electron chi connectivity index (χ0n) is 43.5. The maximum atomic E-state index is 15.8. The van der Waals surface area contributed by atoms with Crippen LogP contribution in [0.25, 0.3) is 10.9 Å². The largest absolute Gasteiger partial charge is 0.443 e. The second-order valence-corrected chi connectivity index (χ2v) is 23.3. The van der Waals surface area contributed by atoms with Crippen molar-refractivity contribution in [1.82, 2.24) is 19.6 Å². The SMILES string of the molecule is CC(C)(C)OC(=O)N(C(=O)OC(C)(C)C)c1nn(C(=O)OC(C)(C)C)c2ccc(CN3C(=O)N(CCCOCP(=O)(O)Oc4ccccc4)C(c4ccccc4)[C@@H]4OC(C)(C)O[C@H]4[C@H]3Cc3ccccc3)cc12. The average Bonchev–Trinajstić information content (AvgIpc) is 3.79. The molecule has 4 aromatic carbocycles. The van der Waals surface area contributed by atoms with E-state index in [-0.39, 0.29) is 54.6 Å². The highest BCUT2D eigenvalue weighted by Gasteiger charge is 2.56. The van der Waals surface area contributed by atoms with E-state index in [4.69, 9.17) is 32.9 Å². The Kier molecular flexibility index (Phi) is 16.2. The first kappa shape index (κ1) is 54.5. The smallest absolute Gasteiger partial charge is 0.435 e. The maximum Gasteiger partial charge on any atom is 0.435 e. The lowest BCUT2D eigenvalue weighted by molar-refractivity contribution is -0.157. The summed E-state index contributed by atoms with van der Waals surface area (Å²) in [5.74, 6) is -1.11. The average molecular weight is 1030 g/mol. The molecular weight excluding hydrogens is 958 g/mol. The molecule has 1 N–H and O–H groups in total. The molecule has 0 bridgehead atoms. The Morgan fingerprint density at radius 3 is 1.89 bits per heavy atom. The Balaban J connectivity index is 1.33. The molecule has 2 unspecified atom stereocenters. The van der Waals surface area contributed by atoms with Crippen molar-refractivity contribution in [1.29, 1.82) is 0 Å². The number of hydrogen-bond acceptors (Lipinski definition) is 13. The summed E-state index contributed by atoms with van der Waals surface area (Å²) in [6, 6.07) is 31.0. The molecule has 2 fully saturated rings. The van der Waals surface area contributed by atoms with Crippen molar-refractivity contribution in [3.05, 3.63) is 126 Å². The van der Waals surface area contributed by atoms with Gasteiger partial charge in [-0.05, 0) is 130 Å². The first-order valence-electron chi connectivity index (χ1n) is 24.3. The minimum atomic E-state index is -4.19. The highest BCUT2D eigenvalue weighted by Crippen LogP contribution is 2.46. The number of fused-ring (bicyclic) bond motifs is 2. The van der Waals surface area contributed by atoms with Crippen molar-refractivity contribution in [2.24, 2.45) is 0 Å². The van der Waals surface area contributed by atoms with E-state index in [2.05, 4.69) is 5.10 Å². The standard InChI is InChI=1S/C54H68N5O13P/c1-51(2,3)69-48(61)58(49(62)70-52(4,5)6)46-40-32-37(28-29-41(40)59(55-46)50(63)71-53(7,8)9)34-57-42(33-36-22-15-12-16-23-36)44-45(68-54(10,11)67-44)43(38-24-17-13-18-25-38)56(47(57)60)30-21-31-66-35-73(64,65)72-39-26-19-14-20-27-39/h12-20,22-29,32,42-45H,21,30-31,33-35H2,1-11H3,(H,64,65)/t42-,43?,44+,45+/m1/s1. The number of nitrogens with zero attached hydrogens (tertiary/aromatic N) is 5. The van der Waals surface area contributed by atoms with Crippen LogP contribution >= 0.6 is 7.60 Å². The Bertz CT molecular complexity index is 2760. The summed E-state index contributed by atoms with van der Waals surface area (Å²) in [5.41, 5.74) is -0.604. The van der Waals surface area contributed by atoms with Gasteiger partial charge in [0.1, 0.15) is 34.8 Å². The molecule has 0 spiro atoms. The van der Waals surface area contributed by atoms with Crippen molar-refractivity contribution in [2.45, 2.75) is 142 Å². The molecule has 1 aromatic heterocycles. The van der Waals surface area contributed by atoms with Crippen LogP contribution in [-0.4, -0.2) is 109 Å². The van der Waals surface area contributed by atoms with Crippen LogP contribution in [0.4, 0.5) is 25.0 Å². The number of ether oxygens (including phenoxy) is 6. The summed E-state index contributed by atoms with van der Waals surface area (Å²) in [5, 5.41) is 4.73. The molecule has 392 valence electrons. The van der Waals surface area contributed by atoms with Gasteiger partial charge in [-0.2, -0.15) is 9.58 Å². The van der Waals surface area contributed by atoms with Gasteiger partial charge in [-0.1, -0.05) is 84.9 Å². The van der Waals surface area contributed by atoms with E-state index in [1.54, 1.807) is 121 Å². The fraction of sp³-hybridized carbons (Fsp3) is 0.463. The molecule has 0 saturated carbocycles. The molecule has 19 heteroatoms. The van der Waals surface area contributed by atoms with E-state index in [1.165, 1.54) is 0 Å². The minimum Gasteiger partial charge on any atom is -0.443 e. The molecule has 7 rings (SSSR count). The van der Waals surface area contributed by atoms with E-state index >= 15 is 4.79 Å². The first-order valence-corrected chi connectivity index (χ1v) is 26.1. The number of para-hydroxylation sites is 1. The van der Waals surface area contributed by atoms with Crippen LogP contribution in [0, 0.1) is 0 Å². The molecule has 2 aliphatic heterocycles. The number of aromatic nitrogens is 2. The van der Waals surface area contributed by atoms with Crippen molar-refractivity contribution >= 4 is 48.6 Å². The van der Waals surface area contributed by atoms with Gasteiger partial charge < -0.3 is 47.6 Å². The summed E-state index contributed by atoms with van der Waals surface area (Å²) >= 11 is 0. The number of carbonyl (C=O) groups is 4. The van der Waals surface area contributed by atoms with Gasteiger partial charge in [0.2, 0.25) is 0 Å². The Labute approximate surface area is 426 Å². The van der Waals surface area contributed by atoms with Crippen molar-refractivity contribution in [3.63, 3.8) is 0 Å². The molecule has 4 amide bonds. The lowest BCUT2D eigenvalue weighted by atomic mass is 9.90. The highest BCUT2D eigenvalue weighted by atomic mass is 31.2. The highest BCUT2D eigenvalue weighted by molar-refractivity contribution is 7.53. The zero-order valence-corrected chi connectivity index (χ0v) is 44.4. The Hall–Kier alpha value is -6.30. The molecule has 2 aliphatic rings. The van der Waals surface area contributed by atoms with E-state index < -0.39 is 79.1 Å². The summed E-state index contributed by atoms with van der Waals surface area (Å²) < 4.78 is 56.0. The van der Waals surface area contributed by atoms with Crippen LogP contribution in [-0.2, 0) is 46.0 Å². The number of benzene rings is 4. The number of rotatable bonds is 14. The third kappa shape index (κ3) is 14.1. The van der Waals surface area contributed by atoms with Crippen LogP contribution in [0.5, 0.6) is 5.75 Å². The van der Waals surface area contributed by atoms with E-state index in [9.17, 15) is 23.8 Å². The number of imide groups is 1. The van der Waals surface area contributed by atoms with Gasteiger partial charge in [-0.25, -0.2) is 23.7 Å². The molecular formula is C54H68N5O13P. The molecule has 18 nitrogen and oxygen atoms in total. The molecule has 3 heterocycles. The predicted molar refractivity (Wildman–Crippen MR) is 273 cm³/mol. The van der Waals surface area contributed by atoms with Gasteiger partial charge >= 0.3 is 31.9 Å². The van der Waals surface area contributed by atoms with Crippen LogP contribution in [0.3, 0.4) is 0 Å². The third-order valence-electron chi connectivity index (χ3n) is 11.5. The van der Waals surface area contributed by atoms with E-state index in [1.807, 2.05) is 74.5 Å². The number of carbonyl (C=O) groups excluding carboxylic acids is 4. The van der Waals surface area contributed by atoms with Gasteiger partial charge in [0.05, 0.1) is 17.6 Å². The monoisotopic (exact) mass is 1030 g/mol. The lowest BCUT2D eigenvalue weighted by Crippen LogP contribution is -2.50. The minimum absolute atomic E-state index is 0.00522. The van der Waals surface area contributed by atoms with Crippen LogP contribution in [0.1, 0.15) is 105 Å². The fourth-order valence-electron chi connectivity index (χ4n) is 8.77. The normalized spacial score (nSPS) is 19.9. The van der Waals surface area contributed by atoms with Crippen LogP contribution < -0.4 is 9.42 Å². The van der Waals surface area contributed by atoms with Crippen molar-refractivity contribution in [2.75, 3.05) is 24.4 Å². The summed E-state index contributed by atoms with van der Waals surface area (Å²) in [7, 11) is -4.19. The summed E-state index contributed by atoms with van der Waals surface area (Å²) in [4.78, 5) is 72.8. The topological polar surface area (TPSA) is 198 Å². The fourth-order valence-corrected chi connectivity index (χ4v) is 9.63. The Morgan fingerprint density at radius 1 is 0.740 bits per heavy atom. The molecule has 73 heavy (non-hydrogen) atoms. The number of urea groups is 1. The zero-order chi connectivity index (χ0) is 53.1. The summed E-state index contributed by atoms with van der Waals surface area (Å²) in [6.45, 7) is 18.8. The third-order valence-corrected chi connectivity index (χ3v) is 12.5. The van der Waals surface area contributed by atoms with E-state index in [0.29, 0.717) is 16.9 Å². The quantitative estimate of drug-likeness (QED) is 0.0626. The van der Waals surface area contributed by atoms with Crippen molar-refractivity contribution in [3.8, 4) is 5.75 Å².